The fraction of sp³-hybridized carbons (Fsp3) is 0.188. The van der Waals surface area contributed by atoms with E-state index >= 15 is 0 Å². The van der Waals surface area contributed by atoms with E-state index in [9.17, 15) is 9.59 Å². The molecule has 1 heterocycles. The molecule has 0 atom stereocenters. The molecule has 0 radical (unpaired) electrons. The zero-order valence-electron chi connectivity index (χ0n) is 12.2. The fourth-order valence-corrected chi connectivity index (χ4v) is 2.48. The second-order valence-electron chi connectivity index (χ2n) is 4.62. The Morgan fingerprint density at radius 1 is 1.27 bits per heavy atom. The van der Waals surface area contributed by atoms with Crippen molar-refractivity contribution in [3.8, 4) is 0 Å². The number of anilines is 1. The number of hydrogen-bond donors (Lipinski definition) is 1. The van der Waals surface area contributed by atoms with Crippen molar-refractivity contribution in [3.63, 3.8) is 0 Å². The molecule has 0 fully saturated rings. The van der Waals surface area contributed by atoms with Crippen LogP contribution in [0.5, 0.6) is 0 Å². The Hall–Kier alpha value is -2.47. The summed E-state index contributed by atoms with van der Waals surface area (Å²) < 4.78 is 4.57. The van der Waals surface area contributed by atoms with Gasteiger partial charge in [0.2, 0.25) is 0 Å². The molecular weight excluding hydrogens is 300 g/mol. The van der Waals surface area contributed by atoms with Crippen LogP contribution in [0.3, 0.4) is 0 Å². The van der Waals surface area contributed by atoms with Gasteiger partial charge in [-0.15, -0.1) is 11.3 Å². The number of aromatic nitrogens is 1. The van der Waals surface area contributed by atoms with Crippen LogP contribution in [0.15, 0.2) is 47.9 Å². The molecule has 1 amide bonds. The molecular formula is C16H16N2O3S. The van der Waals surface area contributed by atoms with Crippen molar-refractivity contribution in [1.82, 2.24) is 4.98 Å². The molecule has 1 aromatic carbocycles. The van der Waals surface area contributed by atoms with E-state index in [2.05, 4.69) is 21.6 Å². The molecule has 2 rings (SSSR count). The summed E-state index contributed by atoms with van der Waals surface area (Å²) in [6, 6.07) is 9.64. The molecule has 0 aliphatic carbocycles. The number of carbonyl (C=O) groups excluding carboxylic acids is 2. The van der Waals surface area contributed by atoms with E-state index in [0.29, 0.717) is 22.8 Å². The van der Waals surface area contributed by atoms with Gasteiger partial charge in [0.1, 0.15) is 0 Å². The number of rotatable bonds is 6. The Balaban J connectivity index is 1.91. The smallest absolute Gasteiger partial charge is 0.311 e. The first-order valence-electron chi connectivity index (χ1n) is 6.62. The number of hydrogen-bond acceptors (Lipinski definition) is 5. The second-order valence-corrected chi connectivity index (χ2v) is 5.48. The average molecular weight is 316 g/mol. The van der Waals surface area contributed by atoms with Crippen LogP contribution in [0.4, 0.5) is 5.13 Å². The third kappa shape index (κ3) is 4.53. The van der Waals surface area contributed by atoms with Gasteiger partial charge in [-0.25, -0.2) is 4.98 Å². The van der Waals surface area contributed by atoms with E-state index in [1.807, 2.05) is 30.3 Å². The summed E-state index contributed by atoms with van der Waals surface area (Å²) in [6.07, 6.45) is 0.570. The number of carbonyl (C=O) groups is 2. The average Bonchev–Trinajstić information content (AvgIpc) is 2.95. The molecule has 1 N–H and O–H groups in total. The van der Waals surface area contributed by atoms with Crippen LogP contribution in [0.2, 0.25) is 0 Å². The third-order valence-electron chi connectivity index (χ3n) is 2.91. The zero-order chi connectivity index (χ0) is 15.9. The highest BCUT2D eigenvalue weighted by Crippen LogP contribution is 2.17. The highest BCUT2D eigenvalue weighted by Gasteiger charge is 2.12. The molecule has 114 valence electrons. The highest BCUT2D eigenvalue weighted by atomic mass is 32.1. The van der Waals surface area contributed by atoms with E-state index in [0.717, 1.165) is 5.56 Å². The summed E-state index contributed by atoms with van der Waals surface area (Å²) in [4.78, 5) is 27.4. The lowest BCUT2D eigenvalue weighted by atomic mass is 10.1. The van der Waals surface area contributed by atoms with Gasteiger partial charge < -0.3 is 4.74 Å². The summed E-state index contributed by atoms with van der Waals surface area (Å²) in [5.74, 6) is -0.639. The van der Waals surface area contributed by atoms with Gasteiger partial charge in [-0.1, -0.05) is 36.9 Å². The highest BCUT2D eigenvalue weighted by molar-refractivity contribution is 7.14. The number of methoxy groups -OCH3 is 1. The molecule has 6 heteroatoms. The van der Waals surface area contributed by atoms with Crippen molar-refractivity contribution in [2.75, 3.05) is 12.4 Å². The van der Waals surface area contributed by atoms with Gasteiger partial charge in [0.05, 0.1) is 19.2 Å². The Morgan fingerprint density at radius 2 is 2.00 bits per heavy atom. The summed E-state index contributed by atoms with van der Waals surface area (Å²) in [7, 11) is 1.32. The first kappa shape index (κ1) is 15.9. The van der Waals surface area contributed by atoms with E-state index in [1.54, 1.807) is 5.38 Å². The minimum Gasteiger partial charge on any atom is -0.469 e. The monoisotopic (exact) mass is 316 g/mol. The standard InChI is InChI=1S/C16H16N2O3S/c1-11(8-12-6-4-3-5-7-12)15(20)18-16-17-13(10-22-16)9-14(19)21-2/h3-7,10H,1,8-9H2,2H3,(H,17,18,20). The first-order valence-corrected chi connectivity index (χ1v) is 7.50. The first-order chi connectivity index (χ1) is 10.6. The van der Waals surface area contributed by atoms with Crippen LogP contribution in [0.1, 0.15) is 11.3 Å². The Morgan fingerprint density at radius 3 is 2.68 bits per heavy atom. The van der Waals surface area contributed by atoms with Gasteiger partial charge in [0, 0.05) is 17.4 Å². The third-order valence-corrected chi connectivity index (χ3v) is 3.71. The predicted molar refractivity (Wildman–Crippen MR) is 85.7 cm³/mol. The van der Waals surface area contributed by atoms with Crippen molar-refractivity contribution in [3.05, 3.63) is 59.1 Å². The summed E-state index contributed by atoms with van der Waals surface area (Å²) in [6.45, 7) is 3.81. The number of amides is 1. The second kappa shape index (κ2) is 7.51. The van der Waals surface area contributed by atoms with E-state index in [-0.39, 0.29) is 18.3 Å². The maximum Gasteiger partial charge on any atom is 0.311 e. The molecule has 5 nitrogen and oxygen atoms in total. The molecule has 0 aliphatic rings. The molecule has 2 aromatic rings. The zero-order valence-corrected chi connectivity index (χ0v) is 13.0. The molecule has 0 bridgehead atoms. The number of ether oxygens (including phenoxy) is 1. The molecule has 0 spiro atoms. The Labute approximate surface area is 132 Å². The quantitative estimate of drug-likeness (QED) is 0.657. The van der Waals surface area contributed by atoms with Gasteiger partial charge in [-0.3, -0.25) is 14.9 Å². The van der Waals surface area contributed by atoms with Crippen LogP contribution in [0, 0.1) is 0 Å². The van der Waals surface area contributed by atoms with Gasteiger partial charge in [-0.05, 0) is 5.56 Å². The van der Waals surface area contributed by atoms with Crippen molar-refractivity contribution in [2.45, 2.75) is 12.8 Å². The Bertz CT molecular complexity index is 680. The Kier molecular flexibility index (Phi) is 5.43. The predicted octanol–water partition coefficient (Wildman–Crippen LogP) is 2.60. The normalized spacial score (nSPS) is 10.0. The minimum atomic E-state index is -0.364. The van der Waals surface area contributed by atoms with E-state index in [1.165, 1.54) is 18.4 Å². The fourth-order valence-electron chi connectivity index (χ4n) is 1.77. The summed E-state index contributed by atoms with van der Waals surface area (Å²) in [5, 5.41) is 4.85. The van der Waals surface area contributed by atoms with Crippen molar-refractivity contribution >= 4 is 28.3 Å². The van der Waals surface area contributed by atoms with Crippen LogP contribution < -0.4 is 5.32 Å². The minimum absolute atomic E-state index is 0.0911. The van der Waals surface area contributed by atoms with Gasteiger partial charge in [0.15, 0.2) is 5.13 Å². The van der Waals surface area contributed by atoms with Crippen LogP contribution in [0.25, 0.3) is 0 Å². The largest absolute Gasteiger partial charge is 0.469 e. The van der Waals surface area contributed by atoms with Crippen LogP contribution in [-0.4, -0.2) is 24.0 Å². The SMILES string of the molecule is C=C(Cc1ccccc1)C(=O)Nc1nc(CC(=O)OC)cs1. The molecule has 1 aromatic heterocycles. The number of esters is 1. The van der Waals surface area contributed by atoms with Crippen LogP contribution in [-0.2, 0) is 27.2 Å². The lowest BCUT2D eigenvalue weighted by molar-refractivity contribution is -0.139. The number of benzene rings is 1. The maximum atomic E-state index is 12.1. The number of nitrogens with zero attached hydrogens (tertiary/aromatic N) is 1. The van der Waals surface area contributed by atoms with Crippen LogP contribution >= 0.6 is 11.3 Å². The van der Waals surface area contributed by atoms with E-state index < -0.39 is 0 Å². The summed E-state index contributed by atoms with van der Waals surface area (Å²) >= 11 is 1.26. The van der Waals surface area contributed by atoms with Crippen molar-refractivity contribution in [1.29, 1.82) is 0 Å². The molecule has 0 saturated carbocycles. The van der Waals surface area contributed by atoms with Gasteiger partial charge in [-0.2, -0.15) is 0 Å². The van der Waals surface area contributed by atoms with Gasteiger partial charge in [0.25, 0.3) is 5.91 Å². The molecule has 0 unspecified atom stereocenters. The summed E-state index contributed by atoms with van der Waals surface area (Å²) in [5.41, 5.74) is 2.05. The lowest BCUT2D eigenvalue weighted by Crippen LogP contribution is -2.15. The maximum absolute atomic E-state index is 12.1. The molecule has 0 aliphatic heterocycles. The molecule has 22 heavy (non-hydrogen) atoms. The number of nitrogens with one attached hydrogen (secondary N) is 1. The van der Waals surface area contributed by atoms with Crippen molar-refractivity contribution < 1.29 is 14.3 Å². The topological polar surface area (TPSA) is 68.3 Å². The van der Waals surface area contributed by atoms with E-state index in [4.69, 9.17) is 0 Å². The number of thiazole rings is 1. The lowest BCUT2D eigenvalue weighted by Gasteiger charge is -2.05. The molecule has 0 saturated heterocycles. The van der Waals surface area contributed by atoms with Gasteiger partial charge >= 0.3 is 5.97 Å². The van der Waals surface area contributed by atoms with Crippen molar-refractivity contribution in [2.24, 2.45) is 0 Å².